The summed E-state index contributed by atoms with van der Waals surface area (Å²) < 4.78 is 27.2. The second-order valence-corrected chi connectivity index (χ2v) is 7.98. The number of aryl methyl sites for hydroxylation is 1. The van der Waals surface area contributed by atoms with E-state index in [0.717, 1.165) is 19.5 Å². The van der Waals surface area contributed by atoms with Crippen LogP contribution in [0.25, 0.3) is 0 Å². The molecule has 2 aliphatic rings. The van der Waals surface area contributed by atoms with E-state index in [1.807, 2.05) is 0 Å². The third kappa shape index (κ3) is 2.88. The molecule has 0 radical (unpaired) electrons. The first-order valence-electron chi connectivity index (χ1n) is 7.14. The van der Waals surface area contributed by atoms with Gasteiger partial charge >= 0.3 is 0 Å². The molecule has 6 heteroatoms. The van der Waals surface area contributed by atoms with E-state index in [-0.39, 0.29) is 0 Å². The van der Waals surface area contributed by atoms with E-state index < -0.39 is 10.0 Å². The Bertz CT molecular complexity index is 664. The van der Waals surface area contributed by atoms with Crippen LogP contribution in [-0.4, -0.2) is 49.8 Å². The second kappa shape index (κ2) is 5.72. The third-order valence-corrected chi connectivity index (χ3v) is 6.50. The van der Waals surface area contributed by atoms with E-state index in [4.69, 9.17) is 11.6 Å². The molecule has 1 aromatic rings. The average Bonchev–Trinajstić information content (AvgIpc) is 3.09. The maximum Gasteiger partial charge on any atom is 0.243 e. The highest BCUT2D eigenvalue weighted by Gasteiger charge is 2.35. The normalized spacial score (nSPS) is 24.0. The van der Waals surface area contributed by atoms with Crippen molar-refractivity contribution in [2.45, 2.75) is 24.3 Å². The molecule has 21 heavy (non-hydrogen) atoms. The van der Waals surface area contributed by atoms with Crippen molar-refractivity contribution in [3.05, 3.63) is 40.9 Å². The van der Waals surface area contributed by atoms with Crippen LogP contribution in [0.15, 0.2) is 35.2 Å². The van der Waals surface area contributed by atoms with Gasteiger partial charge in [-0.1, -0.05) is 23.8 Å². The molecule has 0 spiro atoms. The minimum absolute atomic E-state index is 0.322. The van der Waals surface area contributed by atoms with Crippen molar-refractivity contribution in [1.29, 1.82) is 0 Å². The Hall–Kier alpha value is -0.880. The van der Waals surface area contributed by atoms with E-state index in [1.54, 1.807) is 29.4 Å². The molecule has 0 amide bonds. The highest BCUT2D eigenvalue weighted by molar-refractivity contribution is 7.89. The maximum absolute atomic E-state index is 12.8. The molecule has 114 valence electrons. The van der Waals surface area contributed by atoms with E-state index in [2.05, 4.69) is 17.1 Å². The van der Waals surface area contributed by atoms with Gasteiger partial charge in [0, 0.05) is 37.2 Å². The van der Waals surface area contributed by atoms with E-state index >= 15 is 0 Å². The lowest BCUT2D eigenvalue weighted by Crippen LogP contribution is -2.37. The van der Waals surface area contributed by atoms with Crippen molar-refractivity contribution in [2.24, 2.45) is 0 Å². The minimum atomic E-state index is -3.42. The van der Waals surface area contributed by atoms with Crippen LogP contribution < -0.4 is 0 Å². The molecule has 0 bridgehead atoms. The highest BCUT2D eigenvalue weighted by atomic mass is 35.5. The average molecular weight is 327 g/mol. The summed E-state index contributed by atoms with van der Waals surface area (Å²) in [6, 6.07) is 5.27. The zero-order chi connectivity index (χ0) is 15.0. The van der Waals surface area contributed by atoms with Crippen molar-refractivity contribution in [3.8, 4) is 0 Å². The van der Waals surface area contributed by atoms with Crippen LogP contribution in [0.4, 0.5) is 0 Å². The topological polar surface area (TPSA) is 40.6 Å². The van der Waals surface area contributed by atoms with Gasteiger partial charge in [0.25, 0.3) is 0 Å². The van der Waals surface area contributed by atoms with Gasteiger partial charge in [-0.2, -0.15) is 4.31 Å². The number of sulfonamides is 1. The zero-order valence-corrected chi connectivity index (χ0v) is 13.6. The molecule has 1 atom stereocenters. The lowest BCUT2D eigenvalue weighted by atomic mass is 10.2. The molecule has 3 rings (SSSR count). The van der Waals surface area contributed by atoms with Crippen molar-refractivity contribution >= 4 is 21.6 Å². The largest absolute Gasteiger partial charge is 0.292 e. The Labute approximate surface area is 131 Å². The molecule has 0 aromatic heterocycles. The van der Waals surface area contributed by atoms with Gasteiger partial charge in [0.15, 0.2) is 0 Å². The highest BCUT2D eigenvalue weighted by Crippen LogP contribution is 2.27. The van der Waals surface area contributed by atoms with E-state index in [1.165, 1.54) is 0 Å². The van der Waals surface area contributed by atoms with Crippen LogP contribution in [0, 0.1) is 6.92 Å². The predicted octanol–water partition coefficient (Wildman–Crippen LogP) is 2.28. The van der Waals surface area contributed by atoms with Crippen LogP contribution in [0.5, 0.6) is 0 Å². The van der Waals surface area contributed by atoms with Crippen molar-refractivity contribution < 1.29 is 8.42 Å². The Kier molecular flexibility index (Phi) is 4.10. The van der Waals surface area contributed by atoms with Gasteiger partial charge in [-0.3, -0.25) is 4.90 Å². The Morgan fingerprint density at radius 2 is 1.95 bits per heavy atom. The number of benzene rings is 1. The van der Waals surface area contributed by atoms with E-state index in [0.29, 0.717) is 34.6 Å². The first-order chi connectivity index (χ1) is 9.98. The van der Waals surface area contributed by atoms with Gasteiger partial charge in [0.05, 0.1) is 4.90 Å². The third-order valence-electron chi connectivity index (χ3n) is 4.24. The molecular formula is C15H19ClN2O2S. The molecule has 1 aromatic carbocycles. The molecule has 1 saturated heterocycles. The molecule has 0 aliphatic carbocycles. The van der Waals surface area contributed by atoms with Crippen molar-refractivity contribution in [3.63, 3.8) is 0 Å². The summed E-state index contributed by atoms with van der Waals surface area (Å²) in [6.45, 7) is 4.81. The molecule has 1 unspecified atom stereocenters. The molecule has 4 nitrogen and oxygen atoms in total. The van der Waals surface area contributed by atoms with Crippen LogP contribution >= 0.6 is 11.6 Å². The van der Waals surface area contributed by atoms with Crippen LogP contribution in [0.3, 0.4) is 0 Å². The summed E-state index contributed by atoms with van der Waals surface area (Å²) in [5.41, 5.74) is 0.703. The van der Waals surface area contributed by atoms with Crippen molar-refractivity contribution in [2.75, 3.05) is 26.2 Å². The van der Waals surface area contributed by atoms with Gasteiger partial charge in [-0.05, 0) is 37.1 Å². The SMILES string of the molecule is Cc1cc(Cl)ccc1S(=O)(=O)N1CCC(N2CC=CC2)C1. The Morgan fingerprint density at radius 3 is 2.62 bits per heavy atom. The zero-order valence-electron chi connectivity index (χ0n) is 12.0. The fourth-order valence-electron chi connectivity index (χ4n) is 3.06. The monoisotopic (exact) mass is 326 g/mol. The van der Waals surface area contributed by atoms with E-state index in [9.17, 15) is 8.42 Å². The summed E-state index contributed by atoms with van der Waals surface area (Å²) in [5, 5.41) is 0.564. The number of hydrogen-bond acceptors (Lipinski definition) is 3. The van der Waals surface area contributed by atoms with Crippen LogP contribution in [0.2, 0.25) is 5.02 Å². The number of nitrogens with zero attached hydrogens (tertiary/aromatic N) is 2. The van der Waals surface area contributed by atoms with Gasteiger partial charge in [-0.25, -0.2) is 8.42 Å². The smallest absolute Gasteiger partial charge is 0.243 e. The lowest BCUT2D eigenvalue weighted by molar-refractivity contribution is 0.261. The fourth-order valence-corrected chi connectivity index (χ4v) is 4.99. The molecule has 0 saturated carbocycles. The molecular weight excluding hydrogens is 308 g/mol. The molecule has 0 N–H and O–H groups in total. The molecule has 2 aliphatic heterocycles. The lowest BCUT2D eigenvalue weighted by Gasteiger charge is -2.23. The number of rotatable bonds is 3. The standard InChI is InChI=1S/C15H19ClN2O2S/c1-12-10-13(16)4-5-15(12)21(19,20)18-9-6-14(11-18)17-7-2-3-8-17/h2-5,10,14H,6-9,11H2,1H3. The summed E-state index contributed by atoms with van der Waals surface area (Å²) in [6.07, 6.45) is 5.18. The second-order valence-electron chi connectivity index (χ2n) is 5.64. The Balaban J connectivity index is 1.79. The quantitative estimate of drug-likeness (QED) is 0.800. The summed E-state index contributed by atoms with van der Waals surface area (Å²) >= 11 is 5.91. The minimum Gasteiger partial charge on any atom is -0.292 e. The summed E-state index contributed by atoms with van der Waals surface area (Å²) in [7, 11) is -3.42. The maximum atomic E-state index is 12.8. The van der Waals surface area contributed by atoms with Crippen molar-refractivity contribution in [1.82, 2.24) is 9.21 Å². The van der Waals surface area contributed by atoms with Gasteiger partial charge < -0.3 is 0 Å². The van der Waals surface area contributed by atoms with Gasteiger partial charge in [-0.15, -0.1) is 0 Å². The number of hydrogen-bond donors (Lipinski definition) is 0. The first-order valence-corrected chi connectivity index (χ1v) is 8.95. The number of halogens is 1. The van der Waals surface area contributed by atoms with Crippen LogP contribution in [0.1, 0.15) is 12.0 Å². The van der Waals surface area contributed by atoms with Gasteiger partial charge in [0.2, 0.25) is 10.0 Å². The van der Waals surface area contributed by atoms with Gasteiger partial charge in [0.1, 0.15) is 0 Å². The summed E-state index contributed by atoms with van der Waals surface area (Å²) in [4.78, 5) is 2.69. The van der Waals surface area contributed by atoms with Crippen LogP contribution in [-0.2, 0) is 10.0 Å². The summed E-state index contributed by atoms with van der Waals surface area (Å²) in [5.74, 6) is 0. The molecule has 1 fully saturated rings. The molecule has 2 heterocycles. The Morgan fingerprint density at radius 1 is 1.24 bits per heavy atom. The fraction of sp³-hybridized carbons (Fsp3) is 0.467. The first kappa shape index (κ1) is 15.0. The predicted molar refractivity (Wildman–Crippen MR) is 84.1 cm³/mol.